The fourth-order valence-corrected chi connectivity index (χ4v) is 2.53. The van der Waals surface area contributed by atoms with Crippen LogP contribution in [0.15, 0.2) is 42.5 Å². The number of nitrogens with one attached hydrogen (secondary N) is 1. The molecule has 0 aliphatic heterocycles. The maximum Gasteiger partial charge on any atom is 0.0670 e. The van der Waals surface area contributed by atoms with E-state index in [4.69, 9.17) is 23.2 Å². The van der Waals surface area contributed by atoms with E-state index in [1.165, 1.54) is 18.4 Å². The van der Waals surface area contributed by atoms with Crippen LogP contribution in [0, 0.1) is 0 Å². The Hall–Kier alpha value is -1.02. The molecule has 2 aromatic rings. The molecule has 19 heavy (non-hydrogen) atoms. The number of halogens is 2. The number of benzene rings is 2. The van der Waals surface area contributed by atoms with Gasteiger partial charge in [0.2, 0.25) is 0 Å². The van der Waals surface area contributed by atoms with E-state index < -0.39 is 0 Å². The lowest BCUT2D eigenvalue weighted by atomic mass is 10.0. The number of rotatable bonds is 4. The average Bonchev–Trinajstić information content (AvgIpc) is 3.24. The molecule has 0 heterocycles. The van der Waals surface area contributed by atoms with Crippen LogP contribution in [-0.4, -0.2) is 6.04 Å². The summed E-state index contributed by atoms with van der Waals surface area (Å²) >= 11 is 12.3. The zero-order valence-electron chi connectivity index (χ0n) is 10.5. The second-order valence-corrected chi connectivity index (χ2v) is 5.74. The molecule has 1 nitrogen and oxygen atoms in total. The normalized spacial score (nSPS) is 14.6. The van der Waals surface area contributed by atoms with Gasteiger partial charge >= 0.3 is 0 Å². The Morgan fingerprint density at radius 3 is 2.63 bits per heavy atom. The van der Waals surface area contributed by atoms with Crippen LogP contribution in [0.4, 0.5) is 0 Å². The summed E-state index contributed by atoms with van der Waals surface area (Å²) in [5.41, 5.74) is 3.38. The lowest BCUT2D eigenvalue weighted by Crippen LogP contribution is -2.15. The number of hydrogen-bond donors (Lipinski definition) is 1. The highest BCUT2D eigenvalue weighted by atomic mass is 35.5. The van der Waals surface area contributed by atoms with Gasteiger partial charge in [0.05, 0.1) is 10.0 Å². The van der Waals surface area contributed by atoms with Gasteiger partial charge in [-0.25, -0.2) is 0 Å². The van der Waals surface area contributed by atoms with Gasteiger partial charge in [-0.3, -0.25) is 0 Å². The Labute approximate surface area is 123 Å². The van der Waals surface area contributed by atoms with Gasteiger partial charge in [-0.15, -0.1) is 0 Å². The lowest BCUT2D eigenvalue weighted by molar-refractivity contribution is 0.688. The first-order chi connectivity index (χ1) is 9.24. The minimum atomic E-state index is 0.598. The third-order valence-electron chi connectivity index (χ3n) is 3.36. The molecule has 98 valence electrons. The first-order valence-corrected chi connectivity index (χ1v) is 7.26. The predicted octanol–water partition coefficient (Wildman–Crippen LogP) is 4.91. The van der Waals surface area contributed by atoms with Crippen molar-refractivity contribution in [2.45, 2.75) is 25.4 Å². The minimum absolute atomic E-state index is 0.598. The molecule has 0 unspecified atom stereocenters. The first kappa shape index (κ1) is 13.0. The molecule has 0 atom stereocenters. The van der Waals surface area contributed by atoms with E-state index in [-0.39, 0.29) is 0 Å². The third-order valence-corrected chi connectivity index (χ3v) is 4.18. The van der Waals surface area contributed by atoms with E-state index in [9.17, 15) is 0 Å². The van der Waals surface area contributed by atoms with Crippen LogP contribution < -0.4 is 5.32 Å². The van der Waals surface area contributed by atoms with Crippen molar-refractivity contribution in [3.05, 3.63) is 58.1 Å². The molecule has 1 fully saturated rings. The maximum absolute atomic E-state index is 6.27. The molecule has 0 aromatic heterocycles. The second-order valence-electron chi connectivity index (χ2n) is 4.96. The Morgan fingerprint density at radius 1 is 1.05 bits per heavy atom. The van der Waals surface area contributed by atoms with Gasteiger partial charge in [0.1, 0.15) is 0 Å². The quantitative estimate of drug-likeness (QED) is 0.844. The van der Waals surface area contributed by atoms with Crippen molar-refractivity contribution in [2.24, 2.45) is 0 Å². The Kier molecular flexibility index (Phi) is 3.79. The fraction of sp³-hybridized carbons (Fsp3) is 0.250. The molecule has 1 N–H and O–H groups in total. The molecule has 0 saturated heterocycles. The minimum Gasteiger partial charge on any atom is -0.310 e. The lowest BCUT2D eigenvalue weighted by Gasteiger charge is -2.09. The van der Waals surface area contributed by atoms with Gasteiger partial charge in [0.25, 0.3) is 0 Å². The molecular formula is C16H15Cl2N. The number of hydrogen-bond acceptors (Lipinski definition) is 1. The van der Waals surface area contributed by atoms with E-state index >= 15 is 0 Å². The molecule has 1 saturated carbocycles. The first-order valence-electron chi connectivity index (χ1n) is 6.51. The van der Waals surface area contributed by atoms with Gasteiger partial charge < -0.3 is 5.32 Å². The van der Waals surface area contributed by atoms with E-state index in [2.05, 4.69) is 29.6 Å². The molecular weight excluding hydrogens is 277 g/mol. The maximum atomic E-state index is 6.27. The summed E-state index contributed by atoms with van der Waals surface area (Å²) in [5, 5.41) is 4.74. The second kappa shape index (κ2) is 5.54. The molecule has 2 aromatic carbocycles. The van der Waals surface area contributed by atoms with Crippen LogP contribution in [-0.2, 0) is 6.54 Å². The third kappa shape index (κ3) is 3.11. The van der Waals surface area contributed by atoms with E-state index in [0.717, 1.165) is 23.7 Å². The molecule has 0 bridgehead atoms. The summed E-state index contributed by atoms with van der Waals surface area (Å²) in [6.45, 7) is 0.913. The highest BCUT2D eigenvalue weighted by Gasteiger charge is 2.19. The highest BCUT2D eigenvalue weighted by Crippen LogP contribution is 2.33. The predicted molar refractivity (Wildman–Crippen MR) is 81.8 cm³/mol. The topological polar surface area (TPSA) is 12.0 Å². The summed E-state index contributed by atoms with van der Waals surface area (Å²) in [5.74, 6) is 0. The smallest absolute Gasteiger partial charge is 0.0670 e. The molecule has 1 aliphatic carbocycles. The van der Waals surface area contributed by atoms with Crippen molar-refractivity contribution in [2.75, 3.05) is 0 Å². The Balaban J connectivity index is 1.86. The van der Waals surface area contributed by atoms with Crippen LogP contribution in [0.1, 0.15) is 18.4 Å². The van der Waals surface area contributed by atoms with Gasteiger partial charge in [-0.05, 0) is 36.1 Å². The van der Waals surface area contributed by atoms with E-state index in [1.807, 2.05) is 18.2 Å². The molecule has 3 heteroatoms. The average molecular weight is 292 g/mol. The van der Waals surface area contributed by atoms with Crippen molar-refractivity contribution in [3.8, 4) is 11.1 Å². The van der Waals surface area contributed by atoms with Gasteiger partial charge in [0, 0.05) is 18.2 Å². The molecule has 0 spiro atoms. The van der Waals surface area contributed by atoms with Crippen molar-refractivity contribution in [1.29, 1.82) is 0 Å². The van der Waals surface area contributed by atoms with Crippen LogP contribution in [0.2, 0.25) is 10.0 Å². The zero-order valence-corrected chi connectivity index (χ0v) is 12.0. The van der Waals surface area contributed by atoms with Crippen LogP contribution in [0.25, 0.3) is 11.1 Å². The monoisotopic (exact) mass is 291 g/mol. The van der Waals surface area contributed by atoms with E-state index in [1.54, 1.807) is 0 Å². The summed E-state index contributed by atoms with van der Waals surface area (Å²) in [4.78, 5) is 0. The Bertz CT molecular complexity index is 591. The SMILES string of the molecule is Clc1cccc(-c2cccc(CNC3CC3)c2)c1Cl. The standard InChI is InChI=1S/C16H15Cl2N/c17-15-6-2-5-14(16(15)18)12-4-1-3-11(9-12)10-19-13-7-8-13/h1-6,9,13,19H,7-8,10H2. The van der Waals surface area contributed by atoms with Crippen LogP contribution in [0.5, 0.6) is 0 Å². The highest BCUT2D eigenvalue weighted by molar-refractivity contribution is 6.43. The molecule has 1 aliphatic rings. The summed E-state index contributed by atoms with van der Waals surface area (Å²) < 4.78 is 0. The fourth-order valence-electron chi connectivity index (χ4n) is 2.13. The van der Waals surface area contributed by atoms with Crippen LogP contribution in [0.3, 0.4) is 0 Å². The zero-order chi connectivity index (χ0) is 13.2. The Morgan fingerprint density at radius 2 is 1.84 bits per heavy atom. The summed E-state index contributed by atoms with van der Waals surface area (Å²) in [6.07, 6.45) is 2.61. The largest absolute Gasteiger partial charge is 0.310 e. The van der Waals surface area contributed by atoms with Crippen LogP contribution >= 0.6 is 23.2 Å². The van der Waals surface area contributed by atoms with Crippen molar-refractivity contribution < 1.29 is 0 Å². The molecule has 0 amide bonds. The summed E-state index contributed by atoms with van der Waals surface area (Å²) in [6, 6.07) is 14.9. The van der Waals surface area contributed by atoms with Gasteiger partial charge in [-0.1, -0.05) is 53.5 Å². The molecule has 3 rings (SSSR count). The van der Waals surface area contributed by atoms with Crippen molar-refractivity contribution >= 4 is 23.2 Å². The van der Waals surface area contributed by atoms with E-state index in [0.29, 0.717) is 10.0 Å². The summed E-state index contributed by atoms with van der Waals surface area (Å²) in [7, 11) is 0. The van der Waals surface area contributed by atoms with Crippen molar-refractivity contribution in [3.63, 3.8) is 0 Å². The van der Waals surface area contributed by atoms with Crippen molar-refractivity contribution in [1.82, 2.24) is 5.32 Å². The molecule has 0 radical (unpaired) electrons. The van der Waals surface area contributed by atoms with Gasteiger partial charge in [-0.2, -0.15) is 0 Å². The van der Waals surface area contributed by atoms with Gasteiger partial charge in [0.15, 0.2) is 0 Å².